The number of nitrogens with zero attached hydrogens (tertiary/aromatic N) is 3. The first-order chi connectivity index (χ1) is 8.75. The Bertz CT molecular complexity index is 585. The van der Waals surface area contributed by atoms with E-state index in [1.54, 1.807) is 0 Å². The lowest BCUT2D eigenvalue weighted by Crippen LogP contribution is -2.32. The molecule has 2 aromatic heterocycles. The van der Waals surface area contributed by atoms with E-state index in [0.29, 0.717) is 0 Å². The fourth-order valence-corrected chi connectivity index (χ4v) is 2.39. The van der Waals surface area contributed by atoms with Crippen molar-refractivity contribution in [3.63, 3.8) is 0 Å². The quantitative estimate of drug-likeness (QED) is 0.765. The first-order valence-corrected chi connectivity index (χ1v) is 6.61. The molecule has 2 heterocycles. The van der Waals surface area contributed by atoms with Gasteiger partial charge in [0, 0.05) is 6.20 Å². The summed E-state index contributed by atoms with van der Waals surface area (Å²) >= 11 is 0. The summed E-state index contributed by atoms with van der Waals surface area (Å²) in [5, 5.41) is 13.6. The maximum Gasteiger partial charge on any atom is 0.0837 e. The Morgan fingerprint density at radius 3 is 2.61 bits per heavy atom. The molecule has 0 saturated heterocycles. The van der Waals surface area contributed by atoms with Crippen molar-refractivity contribution in [1.82, 2.24) is 9.61 Å². The molecule has 94 valence electrons. The van der Waals surface area contributed by atoms with Crippen LogP contribution in [0.4, 0.5) is 0 Å². The van der Waals surface area contributed by atoms with Crippen molar-refractivity contribution in [2.24, 2.45) is 0 Å². The zero-order valence-corrected chi connectivity index (χ0v) is 11.3. The third-order valence-corrected chi connectivity index (χ3v) is 3.68. The molecule has 3 rings (SSSR count). The zero-order chi connectivity index (χ0) is 13.2. The van der Waals surface area contributed by atoms with E-state index in [1.807, 2.05) is 37.7 Å². The van der Waals surface area contributed by atoms with E-state index >= 15 is 0 Å². The van der Waals surface area contributed by atoms with Crippen LogP contribution in [0.15, 0.2) is 24.5 Å². The van der Waals surface area contributed by atoms with Gasteiger partial charge < -0.3 is 0 Å². The number of hydrogen-bond donors (Lipinski definition) is 0. The molecule has 0 bridgehead atoms. The van der Waals surface area contributed by atoms with Gasteiger partial charge in [-0.25, -0.2) is 4.52 Å². The van der Waals surface area contributed by atoms with Gasteiger partial charge in [0.05, 0.1) is 23.2 Å². The highest BCUT2D eigenvalue weighted by Crippen LogP contribution is 2.43. The first-order valence-electron chi connectivity index (χ1n) is 6.61. The molecule has 0 amide bonds. The summed E-state index contributed by atoms with van der Waals surface area (Å²) in [7, 11) is 0. The van der Waals surface area contributed by atoms with Gasteiger partial charge in [0.1, 0.15) is 0 Å². The van der Waals surface area contributed by atoms with Crippen LogP contribution in [-0.4, -0.2) is 9.61 Å². The van der Waals surface area contributed by atoms with Crippen LogP contribution in [0.2, 0.25) is 0 Å². The number of nitriles is 1. The highest BCUT2D eigenvalue weighted by molar-refractivity contribution is 5.54. The Hall–Kier alpha value is -1.82. The second-order valence-electron chi connectivity index (χ2n) is 4.62. The van der Waals surface area contributed by atoms with E-state index in [1.165, 1.54) is 5.56 Å². The van der Waals surface area contributed by atoms with Crippen LogP contribution in [-0.2, 0) is 5.41 Å². The van der Waals surface area contributed by atoms with E-state index in [2.05, 4.69) is 23.3 Å². The monoisotopic (exact) mass is 241 g/mol. The van der Waals surface area contributed by atoms with Crippen molar-refractivity contribution in [3.8, 4) is 6.07 Å². The summed E-state index contributed by atoms with van der Waals surface area (Å²) in [4.78, 5) is 0. The van der Waals surface area contributed by atoms with Gasteiger partial charge in [-0.2, -0.15) is 10.4 Å². The van der Waals surface area contributed by atoms with Crippen LogP contribution in [0.3, 0.4) is 0 Å². The van der Waals surface area contributed by atoms with Crippen molar-refractivity contribution < 1.29 is 0 Å². The van der Waals surface area contributed by atoms with E-state index in [4.69, 9.17) is 0 Å². The summed E-state index contributed by atoms with van der Waals surface area (Å²) in [6.07, 6.45) is 6.98. The molecule has 1 saturated carbocycles. The Morgan fingerprint density at radius 2 is 2.06 bits per heavy atom. The minimum absolute atomic E-state index is 0.242. The molecule has 0 spiro atoms. The molecule has 0 N–H and O–H groups in total. The van der Waals surface area contributed by atoms with Crippen molar-refractivity contribution >= 4 is 5.52 Å². The summed E-state index contributed by atoms with van der Waals surface area (Å²) < 4.78 is 1.88. The molecular weight excluding hydrogens is 222 g/mol. The Morgan fingerprint density at radius 1 is 1.33 bits per heavy atom. The standard InChI is InChI=1S/C13H13N3.C2H6/c1-10-7-15-16-8-11(3-4-12(10)16)13(9-14)5-2-6-13;1-2/h3-4,7-8H,2,5-6H2,1H3;1-2H3. The molecule has 0 atom stereocenters. The average Bonchev–Trinajstić information content (AvgIpc) is 2.73. The molecule has 0 unspecified atom stereocenters. The van der Waals surface area contributed by atoms with Crippen LogP contribution in [0, 0.1) is 18.3 Å². The number of fused-ring (bicyclic) bond motifs is 1. The highest BCUT2D eigenvalue weighted by Gasteiger charge is 2.39. The second-order valence-corrected chi connectivity index (χ2v) is 4.62. The molecule has 3 heteroatoms. The third kappa shape index (κ3) is 1.78. The molecule has 2 aromatic rings. The number of hydrogen-bond acceptors (Lipinski definition) is 2. The molecule has 0 aliphatic heterocycles. The van der Waals surface area contributed by atoms with Crippen LogP contribution in [0.25, 0.3) is 5.52 Å². The van der Waals surface area contributed by atoms with E-state index in [9.17, 15) is 5.26 Å². The maximum atomic E-state index is 9.29. The van der Waals surface area contributed by atoms with Gasteiger partial charge in [-0.15, -0.1) is 0 Å². The molecule has 0 aromatic carbocycles. The highest BCUT2D eigenvalue weighted by atomic mass is 15.2. The van der Waals surface area contributed by atoms with Crippen LogP contribution in [0.5, 0.6) is 0 Å². The molecule has 0 radical (unpaired) electrons. The van der Waals surface area contributed by atoms with Gasteiger partial charge >= 0.3 is 0 Å². The lowest BCUT2D eigenvalue weighted by Gasteiger charge is -2.35. The van der Waals surface area contributed by atoms with Gasteiger partial charge in [0.15, 0.2) is 0 Å². The molecule has 1 aliphatic carbocycles. The van der Waals surface area contributed by atoms with Gasteiger partial charge in [-0.05, 0) is 43.4 Å². The topological polar surface area (TPSA) is 41.1 Å². The number of aryl methyl sites for hydroxylation is 1. The molecule has 1 fully saturated rings. The zero-order valence-electron chi connectivity index (χ0n) is 11.3. The van der Waals surface area contributed by atoms with E-state index in [0.717, 1.165) is 30.3 Å². The minimum atomic E-state index is -0.242. The van der Waals surface area contributed by atoms with Gasteiger partial charge in [-0.1, -0.05) is 19.9 Å². The van der Waals surface area contributed by atoms with Crippen LogP contribution in [0.1, 0.15) is 44.2 Å². The van der Waals surface area contributed by atoms with Crippen molar-refractivity contribution in [2.75, 3.05) is 0 Å². The molecular formula is C15H19N3. The van der Waals surface area contributed by atoms with Crippen LogP contribution >= 0.6 is 0 Å². The summed E-state index contributed by atoms with van der Waals surface area (Å²) in [6, 6.07) is 6.60. The number of rotatable bonds is 1. The van der Waals surface area contributed by atoms with Gasteiger partial charge in [0.2, 0.25) is 0 Å². The molecule has 1 aliphatic rings. The molecule has 3 nitrogen and oxygen atoms in total. The Balaban J connectivity index is 0.000000574. The first kappa shape index (κ1) is 12.6. The fourth-order valence-electron chi connectivity index (χ4n) is 2.39. The normalized spacial score (nSPS) is 16.3. The smallest absolute Gasteiger partial charge is 0.0837 e. The Labute approximate surface area is 108 Å². The largest absolute Gasteiger partial charge is 0.240 e. The lowest BCUT2D eigenvalue weighted by molar-refractivity contribution is 0.323. The van der Waals surface area contributed by atoms with E-state index < -0.39 is 0 Å². The van der Waals surface area contributed by atoms with Crippen LogP contribution < -0.4 is 0 Å². The summed E-state index contributed by atoms with van der Waals surface area (Å²) in [5.41, 5.74) is 3.16. The van der Waals surface area contributed by atoms with Crippen molar-refractivity contribution in [3.05, 3.63) is 35.7 Å². The third-order valence-electron chi connectivity index (χ3n) is 3.68. The Kier molecular flexibility index (Phi) is 3.38. The summed E-state index contributed by atoms with van der Waals surface area (Å²) in [6.45, 7) is 6.05. The SMILES string of the molecule is CC.Cc1cnn2cc(C3(C#N)CCC3)ccc12. The number of aromatic nitrogens is 2. The number of pyridine rings is 1. The summed E-state index contributed by atoms with van der Waals surface area (Å²) in [5.74, 6) is 0. The van der Waals surface area contributed by atoms with Crippen molar-refractivity contribution in [1.29, 1.82) is 5.26 Å². The predicted octanol–water partition coefficient (Wildman–Crippen LogP) is 3.61. The molecule has 18 heavy (non-hydrogen) atoms. The van der Waals surface area contributed by atoms with E-state index in [-0.39, 0.29) is 5.41 Å². The minimum Gasteiger partial charge on any atom is -0.240 e. The fraction of sp³-hybridized carbons (Fsp3) is 0.467. The average molecular weight is 241 g/mol. The maximum absolute atomic E-state index is 9.29. The van der Waals surface area contributed by atoms with Gasteiger partial charge in [0.25, 0.3) is 0 Å². The predicted molar refractivity (Wildman–Crippen MR) is 72.4 cm³/mol. The lowest BCUT2D eigenvalue weighted by atomic mass is 9.66. The van der Waals surface area contributed by atoms with Gasteiger partial charge in [-0.3, -0.25) is 0 Å². The van der Waals surface area contributed by atoms with Crippen molar-refractivity contribution in [2.45, 2.75) is 45.4 Å². The second kappa shape index (κ2) is 4.81.